The molecule has 87 valence electrons. The molecule has 0 aliphatic rings. The summed E-state index contributed by atoms with van der Waals surface area (Å²) in [5.74, 6) is 0. The van der Waals surface area contributed by atoms with Crippen molar-refractivity contribution in [1.29, 1.82) is 0 Å². The molecule has 2 aromatic rings. The van der Waals surface area contributed by atoms with E-state index in [1.807, 2.05) is 31.2 Å². The average molecular weight is 235 g/mol. The summed E-state index contributed by atoms with van der Waals surface area (Å²) in [6.07, 6.45) is -4.35. The molecule has 0 fully saturated rings. The minimum Gasteiger partial charge on any atom is -0.166 e. The molecule has 0 unspecified atom stereocenters. The van der Waals surface area contributed by atoms with Gasteiger partial charge < -0.3 is 0 Å². The molecule has 0 spiro atoms. The van der Waals surface area contributed by atoms with Gasteiger partial charge in [0, 0.05) is 0 Å². The average Bonchev–Trinajstić information content (AvgIpc) is 2.29. The van der Waals surface area contributed by atoms with Crippen molar-refractivity contribution >= 4 is 0 Å². The topological polar surface area (TPSA) is 0 Å². The van der Waals surface area contributed by atoms with E-state index in [0.717, 1.165) is 17.2 Å². The highest BCUT2D eigenvalue weighted by Crippen LogP contribution is 2.31. The van der Waals surface area contributed by atoms with Gasteiger partial charge in [0.05, 0.1) is 5.56 Å². The number of benzene rings is 2. The number of halogens is 3. The first-order valence-electron chi connectivity index (χ1n) is 5.13. The molecule has 2 rings (SSSR count). The number of hydrogen-bond acceptors (Lipinski definition) is 0. The van der Waals surface area contributed by atoms with Gasteiger partial charge in [0.1, 0.15) is 0 Å². The minimum atomic E-state index is -4.35. The van der Waals surface area contributed by atoms with E-state index in [2.05, 4.69) is 6.07 Å². The van der Waals surface area contributed by atoms with Crippen molar-refractivity contribution in [3.05, 3.63) is 59.7 Å². The minimum absolute atomic E-state index is 0.552. The summed E-state index contributed by atoms with van der Waals surface area (Å²) < 4.78 is 37.5. The zero-order chi connectivity index (χ0) is 12.5. The van der Waals surface area contributed by atoms with Gasteiger partial charge in [-0.05, 0) is 30.2 Å². The summed E-state index contributed by atoms with van der Waals surface area (Å²) in [6.45, 7) is 1.93. The second-order valence-corrected chi connectivity index (χ2v) is 3.85. The molecule has 0 bridgehead atoms. The molecule has 17 heavy (non-hydrogen) atoms. The molecular weight excluding hydrogens is 225 g/mol. The molecule has 0 aromatic heterocycles. The van der Waals surface area contributed by atoms with Gasteiger partial charge in [0.2, 0.25) is 0 Å². The van der Waals surface area contributed by atoms with Gasteiger partial charge in [-0.15, -0.1) is 0 Å². The Morgan fingerprint density at radius 1 is 0.941 bits per heavy atom. The molecule has 0 N–H and O–H groups in total. The Balaban J connectivity index is 2.43. The van der Waals surface area contributed by atoms with Crippen LogP contribution in [-0.2, 0) is 6.18 Å². The quantitative estimate of drug-likeness (QED) is 0.683. The standard InChI is InChI=1S/C14H10F3/c1-10-5-7-11(8-6-10)12-3-2-4-13(9-12)14(15,16)17/h2-3,5-9H,1H3. The van der Waals surface area contributed by atoms with Crippen molar-refractivity contribution < 1.29 is 13.2 Å². The Labute approximate surface area is 97.7 Å². The van der Waals surface area contributed by atoms with Crippen LogP contribution in [0.1, 0.15) is 11.1 Å². The first-order chi connectivity index (χ1) is 7.97. The van der Waals surface area contributed by atoms with Gasteiger partial charge in [-0.3, -0.25) is 0 Å². The van der Waals surface area contributed by atoms with Gasteiger partial charge in [-0.25, -0.2) is 0 Å². The van der Waals surface area contributed by atoms with Crippen molar-refractivity contribution in [2.24, 2.45) is 0 Å². The van der Waals surface area contributed by atoms with Crippen molar-refractivity contribution in [2.45, 2.75) is 13.1 Å². The van der Waals surface area contributed by atoms with Gasteiger partial charge in [0.15, 0.2) is 0 Å². The van der Waals surface area contributed by atoms with Gasteiger partial charge in [0.25, 0.3) is 0 Å². The second-order valence-electron chi connectivity index (χ2n) is 3.85. The Hall–Kier alpha value is -1.77. The maximum absolute atomic E-state index is 12.5. The summed E-state index contributed by atoms with van der Waals surface area (Å²) in [7, 11) is 0. The third-order valence-corrected chi connectivity index (χ3v) is 2.49. The molecule has 0 atom stereocenters. The van der Waals surface area contributed by atoms with Crippen LogP contribution in [0.3, 0.4) is 0 Å². The smallest absolute Gasteiger partial charge is 0.166 e. The Kier molecular flexibility index (Phi) is 2.92. The van der Waals surface area contributed by atoms with Crippen molar-refractivity contribution in [2.75, 3.05) is 0 Å². The molecular formula is C14H10F3. The molecule has 0 amide bonds. The van der Waals surface area contributed by atoms with Crippen molar-refractivity contribution in [3.8, 4) is 11.1 Å². The highest BCUT2D eigenvalue weighted by atomic mass is 19.4. The lowest BCUT2D eigenvalue weighted by atomic mass is 10.0. The highest BCUT2D eigenvalue weighted by Gasteiger charge is 2.30. The summed E-state index contributed by atoms with van der Waals surface area (Å²) in [6, 6.07) is 13.6. The van der Waals surface area contributed by atoms with Crippen LogP contribution in [0.5, 0.6) is 0 Å². The van der Waals surface area contributed by atoms with E-state index in [-0.39, 0.29) is 0 Å². The Morgan fingerprint density at radius 3 is 2.18 bits per heavy atom. The molecule has 2 aromatic carbocycles. The van der Waals surface area contributed by atoms with Gasteiger partial charge >= 0.3 is 6.18 Å². The number of alkyl halides is 3. The number of aryl methyl sites for hydroxylation is 1. The maximum atomic E-state index is 12.5. The second kappa shape index (κ2) is 4.24. The Morgan fingerprint density at radius 2 is 1.59 bits per heavy atom. The zero-order valence-electron chi connectivity index (χ0n) is 9.18. The van der Waals surface area contributed by atoms with E-state index in [0.29, 0.717) is 5.56 Å². The monoisotopic (exact) mass is 235 g/mol. The van der Waals surface area contributed by atoms with Crippen LogP contribution < -0.4 is 0 Å². The van der Waals surface area contributed by atoms with Crippen LogP contribution in [-0.4, -0.2) is 0 Å². The number of hydrogen-bond donors (Lipinski definition) is 0. The lowest BCUT2D eigenvalue weighted by molar-refractivity contribution is -0.137. The van der Waals surface area contributed by atoms with Gasteiger partial charge in [-0.2, -0.15) is 13.2 Å². The molecule has 0 saturated carbocycles. The molecule has 0 aliphatic heterocycles. The predicted octanol–water partition coefficient (Wildman–Crippen LogP) is 4.48. The third-order valence-electron chi connectivity index (χ3n) is 2.49. The lowest BCUT2D eigenvalue weighted by Crippen LogP contribution is -2.04. The van der Waals surface area contributed by atoms with Crippen molar-refractivity contribution in [1.82, 2.24) is 0 Å². The fourth-order valence-electron chi connectivity index (χ4n) is 1.56. The molecule has 0 heterocycles. The molecule has 0 saturated heterocycles. The van der Waals surface area contributed by atoms with E-state index in [4.69, 9.17) is 0 Å². The predicted molar refractivity (Wildman–Crippen MR) is 60.5 cm³/mol. The van der Waals surface area contributed by atoms with E-state index in [1.165, 1.54) is 6.07 Å². The van der Waals surface area contributed by atoms with Crippen LogP contribution in [0.2, 0.25) is 0 Å². The number of rotatable bonds is 1. The fraction of sp³-hybridized carbons (Fsp3) is 0.143. The summed E-state index contributed by atoms with van der Waals surface area (Å²) in [5.41, 5.74) is 1.66. The highest BCUT2D eigenvalue weighted by molar-refractivity contribution is 5.64. The van der Waals surface area contributed by atoms with E-state index in [1.54, 1.807) is 6.07 Å². The normalized spacial score (nSPS) is 11.5. The lowest BCUT2D eigenvalue weighted by Gasteiger charge is -2.08. The van der Waals surface area contributed by atoms with Crippen LogP contribution in [0.4, 0.5) is 13.2 Å². The Bertz CT molecular complexity index is 510. The van der Waals surface area contributed by atoms with Crippen LogP contribution in [0, 0.1) is 13.0 Å². The maximum Gasteiger partial charge on any atom is 0.417 e. The largest absolute Gasteiger partial charge is 0.417 e. The summed E-state index contributed by atoms with van der Waals surface area (Å²) >= 11 is 0. The third kappa shape index (κ3) is 2.67. The first kappa shape index (κ1) is 11.7. The molecule has 0 nitrogen and oxygen atoms in total. The fourth-order valence-corrected chi connectivity index (χ4v) is 1.56. The van der Waals surface area contributed by atoms with Crippen LogP contribution in [0.15, 0.2) is 42.5 Å². The van der Waals surface area contributed by atoms with Crippen LogP contribution >= 0.6 is 0 Å². The van der Waals surface area contributed by atoms with E-state index < -0.39 is 11.7 Å². The summed E-state index contributed by atoms with van der Waals surface area (Å²) in [4.78, 5) is 0. The first-order valence-corrected chi connectivity index (χ1v) is 5.13. The van der Waals surface area contributed by atoms with E-state index in [9.17, 15) is 13.2 Å². The van der Waals surface area contributed by atoms with Crippen LogP contribution in [0.25, 0.3) is 11.1 Å². The van der Waals surface area contributed by atoms with Gasteiger partial charge in [-0.1, -0.05) is 42.0 Å². The SMILES string of the molecule is Cc1ccc(-c2cc[c]c(C(F)(F)F)c2)cc1. The van der Waals surface area contributed by atoms with Crippen molar-refractivity contribution in [3.63, 3.8) is 0 Å². The molecule has 3 heteroatoms. The van der Waals surface area contributed by atoms with E-state index >= 15 is 0 Å². The molecule has 1 radical (unpaired) electrons. The molecule has 0 aliphatic carbocycles. The summed E-state index contributed by atoms with van der Waals surface area (Å²) in [5, 5.41) is 0. The zero-order valence-corrected chi connectivity index (χ0v) is 9.18.